The van der Waals surface area contributed by atoms with Crippen LogP contribution < -0.4 is 4.74 Å². The van der Waals surface area contributed by atoms with Crippen LogP contribution in [0.2, 0.25) is 0 Å². The molecule has 3 nitrogen and oxygen atoms in total. The Balaban J connectivity index is 3.07. The van der Waals surface area contributed by atoms with Crippen molar-refractivity contribution in [2.45, 2.75) is 41.5 Å². The Hall–Kier alpha value is -1.77. The normalized spacial score (nSPS) is 14.3. The molecule has 0 spiro atoms. The molecule has 0 amide bonds. The van der Waals surface area contributed by atoms with Crippen LogP contribution in [0.25, 0.3) is 0 Å². The minimum Gasteiger partial charge on any atom is -0.508 e. The molecule has 110 valence electrons. The molecule has 1 aromatic rings. The first-order valence-electron chi connectivity index (χ1n) is 6.73. The summed E-state index contributed by atoms with van der Waals surface area (Å²) < 4.78 is 5.47. The molecule has 1 rings (SSSR count). The van der Waals surface area contributed by atoms with Gasteiger partial charge in [-0.2, -0.15) is 0 Å². The average Bonchev–Trinajstić information content (AvgIpc) is 2.29. The highest BCUT2D eigenvalue weighted by Crippen LogP contribution is 2.41. The third-order valence-corrected chi connectivity index (χ3v) is 3.61. The number of aromatic hydroxyl groups is 1. The first kappa shape index (κ1) is 16.3. The van der Waals surface area contributed by atoms with E-state index in [-0.39, 0.29) is 17.1 Å². The number of phenols is 1. The monoisotopic (exact) mass is 276 g/mol. The lowest BCUT2D eigenvalue weighted by atomic mass is 9.67. The molecule has 0 bridgehead atoms. The fraction of sp³-hybridized carbons (Fsp3) is 0.471. The maximum Gasteiger partial charge on any atom is 0.321 e. The molecule has 1 atom stereocenters. The lowest BCUT2D eigenvalue weighted by Crippen LogP contribution is -2.41. The number of phenolic OH excluding ortho intramolecular Hbond substituents is 1. The average molecular weight is 276 g/mol. The molecule has 0 aliphatic heterocycles. The summed E-state index contributed by atoms with van der Waals surface area (Å²) in [6.07, 6.45) is 1.95. The van der Waals surface area contributed by atoms with E-state index in [1.165, 1.54) is 12.1 Å². The summed E-state index contributed by atoms with van der Waals surface area (Å²) in [4.78, 5) is 12.6. The van der Waals surface area contributed by atoms with Crippen molar-refractivity contribution >= 4 is 5.97 Å². The number of carbonyl (C=O) groups is 1. The van der Waals surface area contributed by atoms with Crippen molar-refractivity contribution < 1.29 is 14.6 Å². The van der Waals surface area contributed by atoms with Crippen LogP contribution in [0.15, 0.2) is 35.9 Å². The Labute approximate surface area is 121 Å². The number of benzene rings is 1. The molecule has 1 N–H and O–H groups in total. The number of hydrogen-bond acceptors (Lipinski definition) is 3. The maximum atomic E-state index is 12.6. The van der Waals surface area contributed by atoms with Gasteiger partial charge in [0.25, 0.3) is 0 Å². The van der Waals surface area contributed by atoms with Gasteiger partial charge in [0.1, 0.15) is 11.5 Å². The largest absolute Gasteiger partial charge is 0.508 e. The molecule has 0 aromatic heterocycles. The van der Waals surface area contributed by atoms with E-state index in [1.54, 1.807) is 12.1 Å². The van der Waals surface area contributed by atoms with Crippen molar-refractivity contribution in [1.29, 1.82) is 0 Å². The van der Waals surface area contributed by atoms with E-state index >= 15 is 0 Å². The van der Waals surface area contributed by atoms with Gasteiger partial charge in [0, 0.05) is 0 Å². The zero-order valence-corrected chi connectivity index (χ0v) is 13.2. The van der Waals surface area contributed by atoms with Gasteiger partial charge in [0.15, 0.2) is 0 Å². The van der Waals surface area contributed by atoms with Crippen LogP contribution in [0, 0.1) is 10.8 Å². The maximum absolute atomic E-state index is 12.6. The predicted octanol–water partition coefficient (Wildman–Crippen LogP) is 4.32. The molecule has 20 heavy (non-hydrogen) atoms. The summed E-state index contributed by atoms with van der Waals surface area (Å²) in [6.45, 7) is 11.9. The molecule has 0 aliphatic rings. The van der Waals surface area contributed by atoms with E-state index in [4.69, 9.17) is 4.74 Å². The molecule has 0 saturated carbocycles. The van der Waals surface area contributed by atoms with E-state index in [0.717, 1.165) is 5.57 Å². The summed E-state index contributed by atoms with van der Waals surface area (Å²) in [7, 11) is 0. The highest BCUT2D eigenvalue weighted by Gasteiger charge is 2.44. The number of allylic oxidation sites excluding steroid dienone is 1. The minimum absolute atomic E-state index is 0.146. The summed E-state index contributed by atoms with van der Waals surface area (Å²) in [5.74, 6) is 0.287. The van der Waals surface area contributed by atoms with Crippen molar-refractivity contribution in [1.82, 2.24) is 0 Å². The lowest BCUT2D eigenvalue weighted by molar-refractivity contribution is -0.147. The summed E-state index contributed by atoms with van der Waals surface area (Å²) in [5, 5.41) is 9.25. The van der Waals surface area contributed by atoms with Gasteiger partial charge in [-0.1, -0.05) is 32.4 Å². The predicted molar refractivity (Wildman–Crippen MR) is 80.7 cm³/mol. The van der Waals surface area contributed by atoms with Crippen molar-refractivity contribution in [2.75, 3.05) is 0 Å². The molecule has 0 fully saturated rings. The van der Waals surface area contributed by atoms with Crippen molar-refractivity contribution in [2.24, 2.45) is 10.8 Å². The third-order valence-electron chi connectivity index (χ3n) is 3.61. The Morgan fingerprint density at radius 3 is 2.00 bits per heavy atom. The first-order valence-corrected chi connectivity index (χ1v) is 6.73. The van der Waals surface area contributed by atoms with Crippen LogP contribution >= 0.6 is 0 Å². The van der Waals surface area contributed by atoms with E-state index in [2.05, 4.69) is 0 Å². The molecular formula is C17H24O3. The Kier molecular flexibility index (Phi) is 4.64. The Morgan fingerprint density at radius 2 is 1.60 bits per heavy atom. The van der Waals surface area contributed by atoms with E-state index in [1.807, 2.05) is 47.6 Å². The van der Waals surface area contributed by atoms with E-state index < -0.39 is 5.41 Å². The summed E-state index contributed by atoms with van der Waals surface area (Å²) >= 11 is 0. The number of hydrogen-bond donors (Lipinski definition) is 1. The molecule has 3 heteroatoms. The summed E-state index contributed by atoms with van der Waals surface area (Å²) in [5.41, 5.74) is 0.0900. The van der Waals surface area contributed by atoms with Crippen LogP contribution in [0.3, 0.4) is 0 Å². The van der Waals surface area contributed by atoms with Gasteiger partial charge in [-0.3, -0.25) is 4.79 Å². The molecular weight excluding hydrogens is 252 g/mol. The highest BCUT2D eigenvalue weighted by atomic mass is 16.5. The first-order chi connectivity index (χ1) is 9.06. The fourth-order valence-corrected chi connectivity index (χ4v) is 1.89. The summed E-state index contributed by atoms with van der Waals surface area (Å²) in [6, 6.07) is 6.16. The van der Waals surface area contributed by atoms with Crippen LogP contribution in [-0.2, 0) is 4.79 Å². The third kappa shape index (κ3) is 3.62. The Bertz CT molecular complexity index is 502. The van der Waals surface area contributed by atoms with Crippen LogP contribution in [0.1, 0.15) is 41.5 Å². The molecule has 0 saturated heterocycles. The van der Waals surface area contributed by atoms with Crippen LogP contribution in [-0.4, -0.2) is 11.1 Å². The van der Waals surface area contributed by atoms with Crippen molar-refractivity contribution in [3.8, 4) is 11.5 Å². The van der Waals surface area contributed by atoms with Gasteiger partial charge in [0.05, 0.1) is 5.41 Å². The second kappa shape index (κ2) is 5.70. The second-order valence-electron chi connectivity index (χ2n) is 6.56. The number of ether oxygens (including phenoxy) is 1. The van der Waals surface area contributed by atoms with Crippen molar-refractivity contribution in [3.05, 3.63) is 35.9 Å². The van der Waals surface area contributed by atoms with Crippen LogP contribution in [0.4, 0.5) is 0 Å². The second-order valence-corrected chi connectivity index (χ2v) is 6.56. The molecule has 1 aromatic carbocycles. The number of carbonyl (C=O) groups excluding carboxylic acids is 1. The molecule has 0 heterocycles. The fourth-order valence-electron chi connectivity index (χ4n) is 1.89. The van der Waals surface area contributed by atoms with Gasteiger partial charge in [-0.15, -0.1) is 0 Å². The Morgan fingerprint density at radius 1 is 1.10 bits per heavy atom. The van der Waals surface area contributed by atoms with Gasteiger partial charge in [-0.25, -0.2) is 0 Å². The minimum atomic E-state index is -0.719. The topological polar surface area (TPSA) is 46.5 Å². The molecule has 0 radical (unpaired) electrons. The van der Waals surface area contributed by atoms with Crippen molar-refractivity contribution in [3.63, 3.8) is 0 Å². The SMILES string of the molecule is CC(C)=CC(C)(C(=O)Oc1ccc(O)cc1)C(C)(C)C. The molecule has 1 unspecified atom stereocenters. The van der Waals surface area contributed by atoms with Gasteiger partial charge in [0.2, 0.25) is 0 Å². The van der Waals surface area contributed by atoms with Gasteiger partial charge < -0.3 is 9.84 Å². The smallest absolute Gasteiger partial charge is 0.321 e. The highest BCUT2D eigenvalue weighted by molar-refractivity contribution is 5.82. The quantitative estimate of drug-likeness (QED) is 0.508. The van der Waals surface area contributed by atoms with Gasteiger partial charge >= 0.3 is 5.97 Å². The standard InChI is InChI=1S/C17H24O3/c1-12(2)11-17(6,16(3,4)5)15(19)20-14-9-7-13(18)8-10-14/h7-11,18H,1-6H3. The number of esters is 1. The van der Waals surface area contributed by atoms with Gasteiger partial charge in [-0.05, 0) is 50.5 Å². The zero-order chi connectivity index (χ0) is 15.6. The van der Waals surface area contributed by atoms with E-state index in [0.29, 0.717) is 5.75 Å². The lowest BCUT2D eigenvalue weighted by Gasteiger charge is -2.37. The van der Waals surface area contributed by atoms with Crippen LogP contribution in [0.5, 0.6) is 11.5 Å². The number of rotatable bonds is 3. The van der Waals surface area contributed by atoms with E-state index in [9.17, 15) is 9.90 Å². The zero-order valence-electron chi connectivity index (χ0n) is 13.2. The molecule has 0 aliphatic carbocycles.